The van der Waals surface area contributed by atoms with Crippen molar-refractivity contribution >= 4 is 0 Å². The predicted molar refractivity (Wildman–Crippen MR) is 45.6 cm³/mol. The van der Waals surface area contributed by atoms with Crippen molar-refractivity contribution < 1.29 is 4.42 Å². The SMILES string of the molecule is CCc1ccc(C(C)NC)o1. The molecule has 1 atom stereocenters. The zero-order valence-electron chi connectivity index (χ0n) is 7.35. The van der Waals surface area contributed by atoms with Gasteiger partial charge in [-0.05, 0) is 26.1 Å². The fourth-order valence-electron chi connectivity index (χ4n) is 0.960. The summed E-state index contributed by atoms with van der Waals surface area (Å²) in [5, 5.41) is 3.12. The van der Waals surface area contributed by atoms with E-state index in [0.29, 0.717) is 6.04 Å². The second kappa shape index (κ2) is 3.58. The molecule has 1 rings (SSSR count). The molecule has 2 heteroatoms. The van der Waals surface area contributed by atoms with E-state index < -0.39 is 0 Å². The molecule has 0 aliphatic heterocycles. The van der Waals surface area contributed by atoms with E-state index in [2.05, 4.69) is 19.2 Å². The largest absolute Gasteiger partial charge is 0.464 e. The monoisotopic (exact) mass is 153 g/mol. The topological polar surface area (TPSA) is 25.2 Å². The van der Waals surface area contributed by atoms with Crippen molar-refractivity contribution in [1.29, 1.82) is 0 Å². The molecule has 1 aromatic heterocycles. The van der Waals surface area contributed by atoms with Gasteiger partial charge in [0, 0.05) is 6.42 Å². The summed E-state index contributed by atoms with van der Waals surface area (Å²) in [7, 11) is 1.93. The van der Waals surface area contributed by atoms with Crippen LogP contribution in [-0.4, -0.2) is 7.05 Å². The van der Waals surface area contributed by atoms with Gasteiger partial charge in [-0.1, -0.05) is 6.92 Å². The van der Waals surface area contributed by atoms with Gasteiger partial charge in [-0.3, -0.25) is 0 Å². The van der Waals surface area contributed by atoms with E-state index in [1.807, 2.05) is 19.2 Å². The molecule has 0 aromatic carbocycles. The maximum Gasteiger partial charge on any atom is 0.120 e. The van der Waals surface area contributed by atoms with E-state index in [0.717, 1.165) is 17.9 Å². The molecular formula is C9H15NO. The highest BCUT2D eigenvalue weighted by Gasteiger charge is 2.06. The first-order chi connectivity index (χ1) is 5.27. The van der Waals surface area contributed by atoms with Gasteiger partial charge in [0.1, 0.15) is 11.5 Å². The molecule has 11 heavy (non-hydrogen) atoms. The molecule has 0 aliphatic carbocycles. The zero-order chi connectivity index (χ0) is 8.27. The Hall–Kier alpha value is -0.760. The van der Waals surface area contributed by atoms with Crippen molar-refractivity contribution in [3.05, 3.63) is 23.7 Å². The van der Waals surface area contributed by atoms with Gasteiger partial charge in [0.25, 0.3) is 0 Å². The van der Waals surface area contributed by atoms with Gasteiger partial charge in [0.15, 0.2) is 0 Å². The van der Waals surface area contributed by atoms with Crippen LogP contribution in [0.15, 0.2) is 16.5 Å². The van der Waals surface area contributed by atoms with Gasteiger partial charge in [0.05, 0.1) is 6.04 Å². The van der Waals surface area contributed by atoms with Gasteiger partial charge in [-0.2, -0.15) is 0 Å². The van der Waals surface area contributed by atoms with Crippen LogP contribution in [0.3, 0.4) is 0 Å². The number of hydrogen-bond donors (Lipinski definition) is 1. The lowest BCUT2D eigenvalue weighted by molar-refractivity contribution is 0.423. The minimum absolute atomic E-state index is 0.315. The quantitative estimate of drug-likeness (QED) is 0.719. The fourth-order valence-corrected chi connectivity index (χ4v) is 0.960. The number of hydrogen-bond acceptors (Lipinski definition) is 2. The smallest absolute Gasteiger partial charge is 0.120 e. The first kappa shape index (κ1) is 8.34. The molecule has 0 radical (unpaired) electrons. The van der Waals surface area contributed by atoms with Crippen LogP contribution >= 0.6 is 0 Å². The second-order valence-corrected chi connectivity index (χ2v) is 2.67. The summed E-state index contributed by atoms with van der Waals surface area (Å²) in [6.07, 6.45) is 0.969. The summed E-state index contributed by atoms with van der Waals surface area (Å²) >= 11 is 0. The van der Waals surface area contributed by atoms with E-state index in [9.17, 15) is 0 Å². The maximum atomic E-state index is 5.52. The fraction of sp³-hybridized carbons (Fsp3) is 0.556. The third-order valence-corrected chi connectivity index (χ3v) is 1.89. The average molecular weight is 153 g/mol. The Bertz CT molecular complexity index is 217. The molecule has 2 nitrogen and oxygen atoms in total. The van der Waals surface area contributed by atoms with Crippen molar-refractivity contribution in [3.8, 4) is 0 Å². The van der Waals surface area contributed by atoms with Crippen molar-refractivity contribution in [1.82, 2.24) is 5.32 Å². The number of nitrogens with one attached hydrogen (secondary N) is 1. The Morgan fingerprint density at radius 3 is 2.73 bits per heavy atom. The highest BCUT2D eigenvalue weighted by molar-refractivity contribution is 5.09. The third-order valence-electron chi connectivity index (χ3n) is 1.89. The Kier molecular flexibility index (Phi) is 2.71. The Labute approximate surface area is 67.6 Å². The molecule has 1 heterocycles. The molecule has 0 saturated carbocycles. The summed E-state index contributed by atoms with van der Waals surface area (Å²) in [6, 6.07) is 4.37. The maximum absolute atomic E-state index is 5.52. The van der Waals surface area contributed by atoms with Crippen molar-refractivity contribution in [3.63, 3.8) is 0 Å². The first-order valence-corrected chi connectivity index (χ1v) is 4.03. The lowest BCUT2D eigenvalue weighted by Crippen LogP contribution is -2.11. The van der Waals surface area contributed by atoms with Gasteiger partial charge in [-0.25, -0.2) is 0 Å². The van der Waals surface area contributed by atoms with Gasteiger partial charge < -0.3 is 9.73 Å². The molecule has 0 aliphatic rings. The van der Waals surface area contributed by atoms with Crippen LogP contribution in [0.2, 0.25) is 0 Å². The van der Waals surface area contributed by atoms with Crippen LogP contribution in [0.4, 0.5) is 0 Å². The Morgan fingerprint density at radius 1 is 1.55 bits per heavy atom. The standard InChI is InChI=1S/C9H15NO/c1-4-8-5-6-9(11-8)7(2)10-3/h5-7,10H,4H2,1-3H3. The normalized spacial score (nSPS) is 13.4. The number of aryl methyl sites for hydroxylation is 1. The third kappa shape index (κ3) is 1.84. The molecule has 1 aromatic rings. The van der Waals surface area contributed by atoms with Crippen LogP contribution in [0, 0.1) is 0 Å². The van der Waals surface area contributed by atoms with E-state index in [1.54, 1.807) is 0 Å². The molecule has 0 spiro atoms. The highest BCUT2D eigenvalue weighted by Crippen LogP contribution is 2.15. The minimum atomic E-state index is 0.315. The molecule has 1 N–H and O–H groups in total. The van der Waals surface area contributed by atoms with E-state index in [4.69, 9.17) is 4.42 Å². The molecule has 0 fully saturated rings. The minimum Gasteiger partial charge on any atom is -0.464 e. The summed E-state index contributed by atoms with van der Waals surface area (Å²) in [5.74, 6) is 2.08. The summed E-state index contributed by atoms with van der Waals surface area (Å²) in [4.78, 5) is 0. The van der Waals surface area contributed by atoms with E-state index >= 15 is 0 Å². The number of furan rings is 1. The van der Waals surface area contributed by atoms with Gasteiger partial charge >= 0.3 is 0 Å². The predicted octanol–water partition coefficient (Wildman–Crippen LogP) is 2.12. The summed E-state index contributed by atoms with van der Waals surface area (Å²) < 4.78 is 5.52. The molecule has 0 amide bonds. The molecular weight excluding hydrogens is 138 g/mol. The van der Waals surface area contributed by atoms with E-state index in [1.165, 1.54) is 0 Å². The molecule has 0 bridgehead atoms. The van der Waals surface area contributed by atoms with Gasteiger partial charge in [0.2, 0.25) is 0 Å². The highest BCUT2D eigenvalue weighted by atomic mass is 16.3. The first-order valence-electron chi connectivity index (χ1n) is 4.03. The number of rotatable bonds is 3. The van der Waals surface area contributed by atoms with Gasteiger partial charge in [-0.15, -0.1) is 0 Å². The molecule has 0 saturated heterocycles. The summed E-state index contributed by atoms with van der Waals surface area (Å²) in [6.45, 7) is 4.17. The Balaban J connectivity index is 2.71. The molecule has 62 valence electrons. The van der Waals surface area contributed by atoms with E-state index in [-0.39, 0.29) is 0 Å². The second-order valence-electron chi connectivity index (χ2n) is 2.67. The van der Waals surface area contributed by atoms with Crippen molar-refractivity contribution in [2.45, 2.75) is 26.3 Å². The summed E-state index contributed by atoms with van der Waals surface area (Å²) in [5.41, 5.74) is 0. The average Bonchev–Trinajstić information content (AvgIpc) is 2.50. The van der Waals surface area contributed by atoms with Crippen LogP contribution in [0.5, 0.6) is 0 Å². The lowest BCUT2D eigenvalue weighted by atomic mass is 10.2. The van der Waals surface area contributed by atoms with Crippen molar-refractivity contribution in [2.75, 3.05) is 7.05 Å². The zero-order valence-corrected chi connectivity index (χ0v) is 7.35. The van der Waals surface area contributed by atoms with Crippen LogP contribution in [0.1, 0.15) is 31.4 Å². The van der Waals surface area contributed by atoms with Crippen LogP contribution in [0.25, 0.3) is 0 Å². The lowest BCUT2D eigenvalue weighted by Gasteiger charge is -2.04. The van der Waals surface area contributed by atoms with Crippen molar-refractivity contribution in [2.24, 2.45) is 0 Å². The Morgan fingerprint density at radius 2 is 2.27 bits per heavy atom. The molecule has 1 unspecified atom stereocenters. The van der Waals surface area contributed by atoms with Crippen LogP contribution in [-0.2, 0) is 6.42 Å². The van der Waals surface area contributed by atoms with Crippen LogP contribution < -0.4 is 5.32 Å².